The molecule has 0 fully saturated rings. The van der Waals surface area contributed by atoms with E-state index in [2.05, 4.69) is 49.9 Å². The number of nitrogens with zero attached hydrogens (tertiary/aromatic N) is 2. The van der Waals surface area contributed by atoms with Crippen molar-refractivity contribution in [1.82, 2.24) is 15.0 Å². The first-order valence-corrected chi connectivity index (χ1v) is 11.5. The van der Waals surface area contributed by atoms with E-state index in [4.69, 9.17) is 4.74 Å². The van der Waals surface area contributed by atoms with Crippen LogP contribution in [0.15, 0.2) is 65.2 Å². The number of allylic oxidation sites excluding steroid dienone is 1. The third-order valence-corrected chi connectivity index (χ3v) is 6.42. The molecule has 4 aromatic rings. The predicted molar refractivity (Wildman–Crippen MR) is 128 cm³/mol. The van der Waals surface area contributed by atoms with Crippen LogP contribution in [0.5, 0.6) is 5.75 Å². The maximum Gasteiger partial charge on any atom is 0.277 e. The van der Waals surface area contributed by atoms with Crippen LogP contribution in [0.1, 0.15) is 21.6 Å². The predicted octanol–water partition coefficient (Wildman–Crippen LogP) is 3.22. The fourth-order valence-electron chi connectivity index (χ4n) is 3.90. The summed E-state index contributed by atoms with van der Waals surface area (Å²) in [5, 5.41) is 6.79. The van der Waals surface area contributed by atoms with E-state index in [1.54, 1.807) is 5.38 Å². The lowest BCUT2D eigenvalue weighted by Gasteiger charge is -2.01. The van der Waals surface area contributed by atoms with Crippen molar-refractivity contribution in [1.29, 1.82) is 0 Å². The van der Waals surface area contributed by atoms with Gasteiger partial charge in [-0.1, -0.05) is 36.1 Å². The van der Waals surface area contributed by atoms with E-state index in [0.717, 1.165) is 40.1 Å². The van der Waals surface area contributed by atoms with Gasteiger partial charge in [0, 0.05) is 29.4 Å². The number of ether oxygens (including phenoxy) is 1. The van der Waals surface area contributed by atoms with Crippen LogP contribution in [0.2, 0.25) is 0 Å². The Morgan fingerprint density at radius 3 is 2.97 bits per heavy atom. The van der Waals surface area contributed by atoms with E-state index in [-0.39, 0.29) is 5.91 Å². The summed E-state index contributed by atoms with van der Waals surface area (Å²) in [5.41, 5.74) is 11.0. The molecule has 160 valence electrons. The molecule has 2 aromatic heterocycles. The van der Waals surface area contributed by atoms with E-state index >= 15 is 0 Å². The highest BCUT2D eigenvalue weighted by molar-refractivity contribution is 7.13. The first-order chi connectivity index (χ1) is 16.2. The van der Waals surface area contributed by atoms with Gasteiger partial charge in [-0.3, -0.25) is 10.1 Å². The molecule has 1 amide bonds. The molecule has 1 aliphatic heterocycles. The molecule has 2 aliphatic rings. The van der Waals surface area contributed by atoms with Crippen molar-refractivity contribution < 1.29 is 9.53 Å². The van der Waals surface area contributed by atoms with E-state index in [1.165, 1.54) is 22.5 Å². The number of aromatic nitrogens is 3. The summed E-state index contributed by atoms with van der Waals surface area (Å²) in [6, 6.07) is 16.2. The summed E-state index contributed by atoms with van der Waals surface area (Å²) >= 11 is 1.44. The molecule has 2 aromatic carbocycles. The maximum absolute atomic E-state index is 12.8. The third kappa shape index (κ3) is 3.93. The van der Waals surface area contributed by atoms with Gasteiger partial charge in [-0.15, -0.1) is 11.3 Å². The smallest absolute Gasteiger partial charge is 0.277 e. The molecule has 1 aliphatic carbocycles. The summed E-state index contributed by atoms with van der Waals surface area (Å²) in [6.45, 7) is 0.713. The molecule has 2 N–H and O–H groups in total. The van der Waals surface area contributed by atoms with Crippen LogP contribution in [-0.4, -0.2) is 27.5 Å². The molecule has 3 heterocycles. The van der Waals surface area contributed by atoms with Gasteiger partial charge in [-0.2, -0.15) is 0 Å². The maximum atomic E-state index is 12.8. The Labute approximate surface area is 193 Å². The number of carbonyl (C=O) groups is 1. The van der Waals surface area contributed by atoms with Gasteiger partial charge in [0.2, 0.25) is 5.95 Å². The van der Waals surface area contributed by atoms with E-state index in [9.17, 15) is 4.79 Å². The molecule has 0 atom stereocenters. The number of imidazole rings is 1. The highest BCUT2D eigenvalue weighted by Gasteiger charge is 2.17. The Bertz CT molecular complexity index is 1590. The number of aromatic amines is 1. The minimum atomic E-state index is -0.311. The van der Waals surface area contributed by atoms with Crippen LogP contribution in [0, 0.1) is 0 Å². The largest absolute Gasteiger partial charge is 0.493 e. The van der Waals surface area contributed by atoms with Crippen LogP contribution in [0.4, 0.5) is 5.95 Å². The zero-order valence-corrected chi connectivity index (χ0v) is 18.3. The van der Waals surface area contributed by atoms with Gasteiger partial charge in [-0.05, 0) is 41.1 Å². The number of hydrogen-bond acceptors (Lipinski definition) is 5. The lowest BCUT2D eigenvalue weighted by atomic mass is 10.0. The minimum Gasteiger partial charge on any atom is -0.493 e. The Balaban J connectivity index is 1.18. The first-order valence-electron chi connectivity index (χ1n) is 10.6. The average molecular weight is 451 g/mol. The molecule has 0 saturated heterocycles. The van der Waals surface area contributed by atoms with Gasteiger partial charge in [0.15, 0.2) is 0 Å². The molecule has 0 bridgehead atoms. The fourth-order valence-corrected chi connectivity index (χ4v) is 4.70. The highest BCUT2D eigenvalue weighted by atomic mass is 32.1. The van der Waals surface area contributed by atoms with Crippen molar-refractivity contribution in [3.63, 3.8) is 0 Å². The molecule has 0 saturated carbocycles. The molecular weight excluding hydrogens is 432 g/mol. The standard InChI is InChI=1S/C26H18N4O2S/c31-24(22-15-33-25(27-22)19-7-9-23-18(14-19)10-11-32-23)30-26-28-20-8-6-17(13-21(20)29-26)12-16-4-2-1-3-5-16/h1-5,7,9,13-15H,10-12H2,(H2,28,29,30,31). The highest BCUT2D eigenvalue weighted by Crippen LogP contribution is 2.31. The second-order valence-electron chi connectivity index (χ2n) is 7.84. The molecule has 33 heavy (non-hydrogen) atoms. The van der Waals surface area contributed by atoms with Gasteiger partial charge in [0.05, 0.1) is 6.61 Å². The van der Waals surface area contributed by atoms with Crippen molar-refractivity contribution >= 4 is 35.0 Å². The number of benzene rings is 2. The molecule has 7 heteroatoms. The van der Waals surface area contributed by atoms with Crippen molar-refractivity contribution in [2.45, 2.75) is 12.8 Å². The van der Waals surface area contributed by atoms with Crippen molar-refractivity contribution in [3.8, 4) is 16.3 Å². The Morgan fingerprint density at radius 1 is 1.15 bits per heavy atom. The van der Waals surface area contributed by atoms with Gasteiger partial charge < -0.3 is 9.72 Å². The number of anilines is 1. The zero-order chi connectivity index (χ0) is 22.2. The summed E-state index contributed by atoms with van der Waals surface area (Å²) in [6.07, 6.45) is 3.61. The minimum absolute atomic E-state index is 0.311. The number of hydrogen-bond donors (Lipinski definition) is 2. The zero-order valence-electron chi connectivity index (χ0n) is 17.5. The molecule has 0 radical (unpaired) electrons. The summed E-state index contributed by atoms with van der Waals surface area (Å²) in [4.78, 5) is 24.9. The lowest BCUT2D eigenvalue weighted by Crippen LogP contribution is -2.24. The van der Waals surface area contributed by atoms with Crippen LogP contribution >= 0.6 is 11.3 Å². The SMILES string of the molecule is O=C(Nc1nc2c([nH]1)=C=C=C(Cc1ccccc1)C=2)c1csc(-c2ccc3c(c2)CCO3)n1. The summed E-state index contributed by atoms with van der Waals surface area (Å²) < 4.78 is 5.56. The Kier molecular flexibility index (Phi) is 4.78. The lowest BCUT2D eigenvalue weighted by molar-refractivity contribution is 0.102. The number of rotatable bonds is 5. The van der Waals surface area contributed by atoms with E-state index in [0.29, 0.717) is 23.6 Å². The normalized spacial score (nSPS) is 13.3. The van der Waals surface area contributed by atoms with Crippen molar-refractivity contribution in [3.05, 3.63) is 92.7 Å². The molecule has 0 unspecified atom stereocenters. The number of H-pyrrole nitrogens is 1. The Hall–Kier alpha value is -4.15. The quantitative estimate of drug-likeness (QED) is 0.458. The van der Waals surface area contributed by atoms with Crippen molar-refractivity contribution in [2.24, 2.45) is 0 Å². The van der Waals surface area contributed by atoms with Crippen molar-refractivity contribution in [2.75, 3.05) is 11.9 Å². The molecule has 0 spiro atoms. The second-order valence-corrected chi connectivity index (χ2v) is 8.70. The van der Waals surface area contributed by atoms with Gasteiger partial charge in [0.25, 0.3) is 5.91 Å². The van der Waals surface area contributed by atoms with Gasteiger partial charge >= 0.3 is 0 Å². The van der Waals surface area contributed by atoms with Crippen LogP contribution in [0.25, 0.3) is 22.4 Å². The molecule has 6 rings (SSSR count). The molecular formula is C26H18N4O2S. The topological polar surface area (TPSA) is 79.9 Å². The van der Waals surface area contributed by atoms with Gasteiger partial charge in [0.1, 0.15) is 27.1 Å². The number of carbonyl (C=O) groups excluding carboxylic acids is 1. The molecule has 6 nitrogen and oxygen atoms in total. The average Bonchev–Trinajstić information content (AvgIpc) is 3.58. The van der Waals surface area contributed by atoms with Crippen LogP contribution in [0.3, 0.4) is 0 Å². The van der Waals surface area contributed by atoms with Crippen LogP contribution in [-0.2, 0) is 12.8 Å². The summed E-state index contributed by atoms with van der Waals surface area (Å²) in [5.74, 6) is 0.981. The van der Waals surface area contributed by atoms with E-state index < -0.39 is 0 Å². The Morgan fingerprint density at radius 2 is 2.06 bits per heavy atom. The fraction of sp³-hybridized carbons (Fsp3) is 0.115. The number of amides is 1. The number of fused-ring (bicyclic) bond motifs is 2. The number of thiazole rings is 1. The third-order valence-electron chi connectivity index (χ3n) is 5.53. The van der Waals surface area contributed by atoms with E-state index in [1.807, 2.05) is 36.4 Å². The second kappa shape index (κ2) is 8.08. The first kappa shape index (κ1) is 19.5. The monoisotopic (exact) mass is 450 g/mol. The number of nitrogens with one attached hydrogen (secondary N) is 2. The summed E-state index contributed by atoms with van der Waals surface area (Å²) in [7, 11) is 0. The van der Waals surface area contributed by atoms with Gasteiger partial charge in [-0.25, -0.2) is 9.97 Å². The van der Waals surface area contributed by atoms with Crippen LogP contribution < -0.4 is 20.8 Å².